The zero-order valence-electron chi connectivity index (χ0n) is 13.3. The van der Waals surface area contributed by atoms with Crippen molar-refractivity contribution in [3.63, 3.8) is 0 Å². The van der Waals surface area contributed by atoms with E-state index in [9.17, 15) is 0 Å². The Morgan fingerprint density at radius 3 is 2.76 bits per heavy atom. The minimum absolute atomic E-state index is 0.711. The number of nitrogens with one attached hydrogen (secondary N) is 1. The molecule has 21 heavy (non-hydrogen) atoms. The summed E-state index contributed by atoms with van der Waals surface area (Å²) in [6.07, 6.45) is 5.41. The van der Waals surface area contributed by atoms with Gasteiger partial charge in [-0.2, -0.15) is 4.98 Å². The van der Waals surface area contributed by atoms with Crippen molar-refractivity contribution in [3.8, 4) is 0 Å². The lowest BCUT2D eigenvalue weighted by atomic mass is 10.1. The standard InChI is InChI=1S/C16H27N5/c1-3-17-16-18-13(2)11-15(19-16)21-10-7-14(12-21)20-8-5-4-6-9-20/h11,14H,3-10,12H2,1-2H3,(H,17,18,19). The van der Waals surface area contributed by atoms with E-state index in [1.165, 1.54) is 38.8 Å². The predicted molar refractivity (Wildman–Crippen MR) is 87.0 cm³/mol. The van der Waals surface area contributed by atoms with Gasteiger partial charge in [0.2, 0.25) is 5.95 Å². The minimum atomic E-state index is 0.711. The summed E-state index contributed by atoms with van der Waals surface area (Å²) in [5.41, 5.74) is 1.04. The van der Waals surface area contributed by atoms with Gasteiger partial charge in [-0.25, -0.2) is 4.98 Å². The van der Waals surface area contributed by atoms with E-state index in [4.69, 9.17) is 0 Å². The Morgan fingerprint density at radius 1 is 1.19 bits per heavy atom. The summed E-state index contributed by atoms with van der Waals surface area (Å²) in [7, 11) is 0. The Morgan fingerprint density at radius 2 is 2.00 bits per heavy atom. The fourth-order valence-electron chi connectivity index (χ4n) is 3.48. The van der Waals surface area contributed by atoms with Gasteiger partial charge in [-0.05, 0) is 46.2 Å². The number of anilines is 2. The zero-order chi connectivity index (χ0) is 14.7. The molecule has 1 aromatic heterocycles. The molecule has 0 aliphatic carbocycles. The molecule has 2 aliphatic rings. The first-order valence-corrected chi connectivity index (χ1v) is 8.35. The molecule has 2 aliphatic heterocycles. The second-order valence-corrected chi connectivity index (χ2v) is 6.21. The number of hydrogen-bond acceptors (Lipinski definition) is 5. The molecule has 1 aromatic rings. The maximum atomic E-state index is 4.67. The maximum absolute atomic E-state index is 4.67. The summed E-state index contributed by atoms with van der Waals surface area (Å²) in [5, 5.41) is 3.23. The van der Waals surface area contributed by atoms with Gasteiger partial charge in [-0.1, -0.05) is 6.42 Å². The molecule has 1 unspecified atom stereocenters. The monoisotopic (exact) mass is 289 g/mol. The van der Waals surface area contributed by atoms with Crippen LogP contribution < -0.4 is 10.2 Å². The second kappa shape index (κ2) is 6.60. The highest BCUT2D eigenvalue weighted by Crippen LogP contribution is 2.24. The maximum Gasteiger partial charge on any atom is 0.224 e. The fraction of sp³-hybridized carbons (Fsp3) is 0.750. The largest absolute Gasteiger partial charge is 0.355 e. The summed E-state index contributed by atoms with van der Waals surface area (Å²) < 4.78 is 0. The Hall–Kier alpha value is -1.36. The van der Waals surface area contributed by atoms with Gasteiger partial charge in [0.05, 0.1) is 0 Å². The van der Waals surface area contributed by atoms with Crippen molar-refractivity contribution in [2.45, 2.75) is 45.6 Å². The average molecular weight is 289 g/mol. The predicted octanol–water partition coefficient (Wildman–Crippen LogP) is 2.28. The van der Waals surface area contributed by atoms with E-state index in [-0.39, 0.29) is 0 Å². The molecule has 3 rings (SSSR count). The summed E-state index contributed by atoms with van der Waals surface area (Å²) in [4.78, 5) is 14.2. The van der Waals surface area contributed by atoms with Gasteiger partial charge in [0.15, 0.2) is 0 Å². The number of aromatic nitrogens is 2. The van der Waals surface area contributed by atoms with Crippen LogP contribution in [-0.2, 0) is 0 Å². The van der Waals surface area contributed by atoms with Crippen LogP contribution in [0.1, 0.15) is 38.3 Å². The van der Waals surface area contributed by atoms with Gasteiger partial charge in [0.25, 0.3) is 0 Å². The smallest absolute Gasteiger partial charge is 0.224 e. The molecule has 1 atom stereocenters. The van der Waals surface area contributed by atoms with Gasteiger partial charge in [0, 0.05) is 37.4 Å². The summed E-state index contributed by atoms with van der Waals surface area (Å²) in [5.74, 6) is 1.84. The summed E-state index contributed by atoms with van der Waals surface area (Å²) in [6.45, 7) is 9.77. The number of rotatable bonds is 4. The molecule has 0 spiro atoms. The van der Waals surface area contributed by atoms with E-state index in [1.54, 1.807) is 0 Å². The topological polar surface area (TPSA) is 44.3 Å². The van der Waals surface area contributed by atoms with Crippen molar-refractivity contribution in [1.29, 1.82) is 0 Å². The van der Waals surface area contributed by atoms with Gasteiger partial charge < -0.3 is 10.2 Å². The third kappa shape index (κ3) is 3.46. The van der Waals surface area contributed by atoms with Crippen molar-refractivity contribution >= 4 is 11.8 Å². The molecule has 0 saturated carbocycles. The summed E-state index contributed by atoms with van der Waals surface area (Å²) >= 11 is 0. The molecule has 5 heteroatoms. The Bertz CT molecular complexity index is 470. The van der Waals surface area contributed by atoms with Crippen LogP contribution in [0.3, 0.4) is 0 Å². The molecule has 0 radical (unpaired) electrons. The Balaban J connectivity index is 1.67. The highest BCUT2D eigenvalue weighted by atomic mass is 15.3. The molecule has 2 fully saturated rings. The highest BCUT2D eigenvalue weighted by Gasteiger charge is 2.29. The van der Waals surface area contributed by atoms with Crippen LogP contribution in [0.15, 0.2) is 6.07 Å². The molecule has 2 saturated heterocycles. The number of hydrogen-bond donors (Lipinski definition) is 1. The first-order chi connectivity index (χ1) is 10.3. The lowest BCUT2D eigenvalue weighted by molar-refractivity contribution is 0.175. The fourth-order valence-corrected chi connectivity index (χ4v) is 3.48. The van der Waals surface area contributed by atoms with E-state index in [2.05, 4.69) is 38.1 Å². The number of aryl methyl sites for hydroxylation is 1. The van der Waals surface area contributed by atoms with Crippen LogP contribution in [-0.4, -0.2) is 53.6 Å². The molecule has 1 N–H and O–H groups in total. The van der Waals surface area contributed by atoms with Crippen molar-refractivity contribution in [2.24, 2.45) is 0 Å². The van der Waals surface area contributed by atoms with Gasteiger partial charge in [0.1, 0.15) is 5.82 Å². The number of likely N-dealkylation sites (tertiary alicyclic amines) is 1. The van der Waals surface area contributed by atoms with E-state index in [0.717, 1.165) is 37.1 Å². The summed E-state index contributed by atoms with van der Waals surface area (Å²) in [6, 6.07) is 2.82. The number of nitrogens with zero attached hydrogens (tertiary/aromatic N) is 4. The second-order valence-electron chi connectivity index (χ2n) is 6.21. The molecule has 3 heterocycles. The first-order valence-electron chi connectivity index (χ1n) is 8.35. The highest BCUT2D eigenvalue weighted by molar-refractivity contribution is 5.45. The zero-order valence-corrected chi connectivity index (χ0v) is 13.3. The van der Waals surface area contributed by atoms with Crippen LogP contribution in [0.5, 0.6) is 0 Å². The van der Waals surface area contributed by atoms with Crippen molar-refractivity contribution in [3.05, 3.63) is 11.8 Å². The van der Waals surface area contributed by atoms with Gasteiger partial charge in [-0.15, -0.1) is 0 Å². The third-order valence-corrected chi connectivity index (χ3v) is 4.57. The first kappa shape index (κ1) is 14.6. The normalized spacial score (nSPS) is 23.5. The minimum Gasteiger partial charge on any atom is -0.355 e. The third-order valence-electron chi connectivity index (χ3n) is 4.57. The number of piperidine rings is 1. The molecule has 116 valence electrons. The molecule has 0 amide bonds. The molecule has 5 nitrogen and oxygen atoms in total. The molecular formula is C16H27N5. The SMILES string of the molecule is CCNc1nc(C)cc(N2CCC(N3CCCCC3)C2)n1. The van der Waals surface area contributed by atoms with E-state index in [1.807, 2.05) is 6.92 Å². The average Bonchev–Trinajstić information content (AvgIpc) is 2.98. The van der Waals surface area contributed by atoms with Crippen molar-refractivity contribution in [1.82, 2.24) is 14.9 Å². The van der Waals surface area contributed by atoms with Gasteiger partial charge >= 0.3 is 0 Å². The van der Waals surface area contributed by atoms with E-state index < -0.39 is 0 Å². The van der Waals surface area contributed by atoms with Crippen LogP contribution in [0.2, 0.25) is 0 Å². The lowest BCUT2D eigenvalue weighted by Gasteiger charge is -2.32. The van der Waals surface area contributed by atoms with Crippen LogP contribution in [0, 0.1) is 6.92 Å². The quantitative estimate of drug-likeness (QED) is 0.921. The molecular weight excluding hydrogens is 262 g/mol. The van der Waals surface area contributed by atoms with Crippen molar-refractivity contribution < 1.29 is 0 Å². The van der Waals surface area contributed by atoms with Gasteiger partial charge in [-0.3, -0.25) is 4.90 Å². The van der Waals surface area contributed by atoms with Crippen molar-refractivity contribution in [2.75, 3.05) is 42.9 Å². The Kier molecular flexibility index (Phi) is 4.58. The van der Waals surface area contributed by atoms with E-state index >= 15 is 0 Å². The van der Waals surface area contributed by atoms with Crippen LogP contribution in [0.4, 0.5) is 11.8 Å². The molecule has 0 bridgehead atoms. The lowest BCUT2D eigenvalue weighted by Crippen LogP contribution is -2.41. The van der Waals surface area contributed by atoms with Crippen LogP contribution >= 0.6 is 0 Å². The van der Waals surface area contributed by atoms with Crippen LogP contribution in [0.25, 0.3) is 0 Å². The van der Waals surface area contributed by atoms with E-state index in [0.29, 0.717) is 6.04 Å². The molecule has 0 aromatic carbocycles. The Labute approximate surface area is 127 Å².